The number of rotatable bonds is 14. The summed E-state index contributed by atoms with van der Waals surface area (Å²) >= 11 is 11.9. The molecule has 0 spiro atoms. The Morgan fingerprint density at radius 1 is 0.671 bits per heavy atom. The van der Waals surface area contributed by atoms with Crippen LogP contribution < -0.4 is 20.1 Å². The Kier molecular flexibility index (Phi) is 16.3. The summed E-state index contributed by atoms with van der Waals surface area (Å²) in [6.45, 7) is 3.91. The molecule has 1 amide bonds. The molecule has 2 aliphatic heterocycles. The Balaban J connectivity index is 0.000000207. The zero-order chi connectivity index (χ0) is 50.5. The van der Waals surface area contributed by atoms with Crippen LogP contribution in [-0.2, 0) is 22.7 Å². The molecule has 6 aromatic rings. The van der Waals surface area contributed by atoms with Crippen molar-refractivity contribution in [3.8, 4) is 11.5 Å². The molecule has 8 rings (SSSR count). The van der Waals surface area contributed by atoms with Crippen molar-refractivity contribution >= 4 is 79.9 Å². The first-order valence-corrected chi connectivity index (χ1v) is 23.5. The Morgan fingerprint density at radius 3 is 1.46 bits per heavy atom. The van der Waals surface area contributed by atoms with Crippen molar-refractivity contribution in [3.63, 3.8) is 0 Å². The summed E-state index contributed by atoms with van der Waals surface area (Å²) in [5, 5.41) is 17.6. The van der Waals surface area contributed by atoms with Gasteiger partial charge >= 0.3 is 5.97 Å². The van der Waals surface area contributed by atoms with Crippen molar-refractivity contribution in [2.45, 2.75) is 49.9 Å². The fourth-order valence-electron chi connectivity index (χ4n) is 9.26. The van der Waals surface area contributed by atoms with E-state index in [9.17, 15) is 23.5 Å². The summed E-state index contributed by atoms with van der Waals surface area (Å²) < 4.78 is 40.4. The molecule has 3 N–H and O–H groups in total. The average molecular weight is 1000 g/mol. The lowest BCUT2D eigenvalue weighted by Gasteiger charge is -2.46. The van der Waals surface area contributed by atoms with Crippen molar-refractivity contribution in [1.29, 1.82) is 0 Å². The molecular formula is C50H59Cl2F2N11O5. The normalized spacial score (nSPS) is 15.9. The van der Waals surface area contributed by atoms with Gasteiger partial charge in [-0.3, -0.25) is 19.4 Å². The van der Waals surface area contributed by atoms with E-state index in [1.165, 1.54) is 24.8 Å². The van der Waals surface area contributed by atoms with Crippen molar-refractivity contribution in [2.75, 3.05) is 93.3 Å². The maximum atomic E-state index is 14.6. The highest BCUT2D eigenvalue weighted by Crippen LogP contribution is 2.38. The number of piperidine rings is 2. The minimum Gasteiger partial charge on any atom is -0.496 e. The number of likely N-dealkylation sites (N-methyl/N-ethyl adjacent to an activating group) is 3. The van der Waals surface area contributed by atoms with Gasteiger partial charge in [-0.2, -0.15) is 0 Å². The fraction of sp³-hybridized carbons (Fsp3) is 0.400. The quantitative estimate of drug-likeness (QED) is 0.0954. The predicted molar refractivity (Wildman–Crippen MR) is 270 cm³/mol. The number of ether oxygens (including phenoxy) is 2. The summed E-state index contributed by atoms with van der Waals surface area (Å²) in [7, 11) is 14.7. The molecule has 2 aliphatic rings. The zero-order valence-electron chi connectivity index (χ0n) is 40.6. The van der Waals surface area contributed by atoms with Crippen LogP contribution in [0.3, 0.4) is 0 Å². The summed E-state index contributed by atoms with van der Waals surface area (Å²) in [6.07, 6.45) is 5.32. The van der Waals surface area contributed by atoms with Gasteiger partial charge in [-0.25, -0.2) is 28.7 Å². The smallest absolute Gasteiger partial charge is 0.324 e. The van der Waals surface area contributed by atoms with Crippen LogP contribution in [0, 0.1) is 11.6 Å². The van der Waals surface area contributed by atoms with Crippen molar-refractivity contribution < 1.29 is 33.0 Å². The molecule has 4 aromatic carbocycles. The molecule has 20 heteroatoms. The van der Waals surface area contributed by atoms with Crippen LogP contribution >= 0.6 is 23.2 Å². The van der Waals surface area contributed by atoms with Crippen LogP contribution in [0.15, 0.2) is 73.3 Å². The van der Waals surface area contributed by atoms with Gasteiger partial charge in [-0.15, -0.1) is 0 Å². The van der Waals surface area contributed by atoms with E-state index in [0.29, 0.717) is 84.0 Å². The van der Waals surface area contributed by atoms with Gasteiger partial charge in [0.1, 0.15) is 46.9 Å². The van der Waals surface area contributed by atoms with Gasteiger partial charge < -0.3 is 39.9 Å². The van der Waals surface area contributed by atoms with E-state index in [4.69, 9.17) is 32.7 Å². The Bertz CT molecular complexity index is 2860. The number of fused-ring (bicyclic) bond motifs is 2. The first-order valence-electron chi connectivity index (χ1n) is 22.7. The molecule has 0 saturated carbocycles. The number of amides is 1. The van der Waals surface area contributed by atoms with E-state index in [1.54, 1.807) is 63.5 Å². The molecular weight excluding hydrogens is 944 g/mol. The number of benzene rings is 4. The maximum Gasteiger partial charge on any atom is 0.324 e. The number of carbonyl (C=O) groups excluding carboxylic acids is 1. The standard InChI is InChI=1S/C26H32ClFN6O2.C24H27ClFN5O3/c1-32(2)25(35)26(9-11-33(3)12-10-26)34(4)15-17-13-18-21(14-22(17)36-5)29-16-30-24(18)31-20-8-6-7-19(27)23(20)28;1-30-9-7-24(8-10-30,23(32)33)31(2)13-15-11-16-19(12-20(15)34-3)27-14-28-22(16)29-18-6-4-5-17(25)21(18)26/h6-8,13-14,16H,9-12,15H2,1-5H3,(H,29,30,31);4-6,11-12,14H,7-10,13H2,1-3H3,(H,32,33)(H,27,28,29). The molecule has 2 saturated heterocycles. The number of likely N-dealkylation sites (tertiary alicyclic amines) is 2. The van der Waals surface area contributed by atoms with Gasteiger partial charge in [0.05, 0.1) is 46.7 Å². The first kappa shape index (κ1) is 51.8. The highest BCUT2D eigenvalue weighted by Gasteiger charge is 2.46. The number of carboxylic acids is 1. The van der Waals surface area contributed by atoms with Crippen LogP contribution in [-0.4, -0.2) is 155 Å². The summed E-state index contributed by atoms with van der Waals surface area (Å²) in [6, 6.07) is 16.9. The second-order valence-corrected chi connectivity index (χ2v) is 19.0. The summed E-state index contributed by atoms with van der Waals surface area (Å²) in [5.41, 5.74) is 1.74. The van der Waals surface area contributed by atoms with Crippen LogP contribution in [0.2, 0.25) is 10.0 Å². The monoisotopic (exact) mass is 1000 g/mol. The van der Waals surface area contributed by atoms with Crippen molar-refractivity contribution in [2.24, 2.45) is 0 Å². The van der Waals surface area contributed by atoms with Crippen molar-refractivity contribution in [3.05, 3.63) is 106 Å². The molecule has 4 heterocycles. The van der Waals surface area contributed by atoms with Crippen LogP contribution in [0.25, 0.3) is 21.8 Å². The average Bonchev–Trinajstić information content (AvgIpc) is 3.34. The second kappa shape index (κ2) is 22.0. The molecule has 2 aromatic heterocycles. The highest BCUT2D eigenvalue weighted by molar-refractivity contribution is 6.31. The third kappa shape index (κ3) is 10.8. The van der Waals surface area contributed by atoms with E-state index < -0.39 is 28.7 Å². The number of anilines is 4. The van der Waals surface area contributed by atoms with Crippen LogP contribution in [0.4, 0.5) is 31.8 Å². The minimum absolute atomic E-state index is 0.00411. The number of hydrogen-bond acceptors (Lipinski definition) is 14. The molecule has 2 fully saturated rings. The topological polar surface area (TPSA) is 165 Å². The first-order chi connectivity index (χ1) is 33.4. The van der Waals surface area contributed by atoms with Crippen LogP contribution in [0.1, 0.15) is 36.8 Å². The third-order valence-electron chi connectivity index (χ3n) is 13.6. The van der Waals surface area contributed by atoms with Gasteiger partial charge in [0.25, 0.3) is 0 Å². The Hall–Kier alpha value is -6.02. The molecule has 16 nitrogen and oxygen atoms in total. The van der Waals surface area contributed by atoms with E-state index in [1.807, 2.05) is 44.2 Å². The Labute approximate surface area is 416 Å². The van der Waals surface area contributed by atoms with E-state index in [2.05, 4.69) is 52.3 Å². The van der Waals surface area contributed by atoms with Gasteiger partial charge in [0.2, 0.25) is 5.91 Å². The lowest BCUT2D eigenvalue weighted by Crippen LogP contribution is -2.61. The largest absolute Gasteiger partial charge is 0.496 e. The number of methoxy groups -OCH3 is 2. The number of nitrogens with zero attached hydrogens (tertiary/aromatic N) is 9. The third-order valence-corrected chi connectivity index (χ3v) is 14.2. The second-order valence-electron chi connectivity index (χ2n) is 18.1. The molecule has 0 aliphatic carbocycles. The van der Waals surface area contributed by atoms with E-state index in [0.717, 1.165) is 37.1 Å². The van der Waals surface area contributed by atoms with Crippen molar-refractivity contribution in [1.82, 2.24) is 44.4 Å². The number of halogens is 4. The number of nitrogens with one attached hydrogen (secondary N) is 2. The summed E-state index contributed by atoms with van der Waals surface area (Å²) in [4.78, 5) is 53.2. The van der Waals surface area contributed by atoms with E-state index >= 15 is 0 Å². The number of aliphatic carboxylic acids is 1. The maximum absolute atomic E-state index is 14.6. The van der Waals surface area contributed by atoms with Gasteiger partial charge in [-0.05, 0) is 90.3 Å². The minimum atomic E-state index is -0.968. The fourth-order valence-corrected chi connectivity index (χ4v) is 9.61. The Morgan fingerprint density at radius 2 is 1.07 bits per heavy atom. The van der Waals surface area contributed by atoms with Gasteiger partial charge in [-0.1, -0.05) is 35.3 Å². The van der Waals surface area contributed by atoms with Crippen LogP contribution in [0.5, 0.6) is 11.5 Å². The zero-order valence-corrected chi connectivity index (χ0v) is 42.1. The molecule has 70 heavy (non-hydrogen) atoms. The molecule has 372 valence electrons. The molecule has 0 unspecified atom stereocenters. The molecule has 0 atom stereocenters. The molecule has 0 radical (unpaired) electrons. The van der Waals surface area contributed by atoms with Gasteiger partial charge in [0.15, 0.2) is 11.6 Å². The summed E-state index contributed by atoms with van der Waals surface area (Å²) in [5.74, 6) is 0.251. The number of carboxylic acid groups (broad SMARTS) is 1. The molecule has 0 bridgehead atoms. The highest BCUT2D eigenvalue weighted by atomic mass is 35.5. The lowest BCUT2D eigenvalue weighted by molar-refractivity contribution is -0.154. The number of carbonyl (C=O) groups is 2. The van der Waals surface area contributed by atoms with E-state index in [-0.39, 0.29) is 27.3 Å². The van der Waals surface area contributed by atoms with Gasteiger partial charge in [0, 0.05) is 87.4 Å². The lowest BCUT2D eigenvalue weighted by atomic mass is 9.84. The SMILES string of the molecule is COc1cc2ncnc(Nc3cccc(Cl)c3F)c2cc1CN(C)C1(C(=O)N(C)C)CCN(C)CC1.COc1cc2ncnc(Nc3cccc(Cl)c3F)c2cc1CN(C)C1(C(=O)O)CCN(C)CC1. The number of aromatic nitrogens is 4. The number of hydrogen-bond donors (Lipinski definition) is 3. The predicted octanol–water partition coefficient (Wildman–Crippen LogP) is 8.31.